The highest BCUT2D eigenvalue weighted by Gasteiger charge is 2.56. The van der Waals surface area contributed by atoms with Gasteiger partial charge in [-0.25, -0.2) is 4.79 Å². The summed E-state index contributed by atoms with van der Waals surface area (Å²) in [6.07, 6.45) is -5.32. The number of ether oxygens (including phenoxy) is 1. The molecule has 0 aliphatic carbocycles. The fourth-order valence-electron chi connectivity index (χ4n) is 1.82. The number of amides is 1. The van der Waals surface area contributed by atoms with E-state index in [4.69, 9.17) is 4.74 Å². The standard InChI is InChI=1S/C11H19F3N2O2/c1-9(2,3)18-8(17)16-10(11(12,13)14)5-4-6-15-7-10/h15H,4-7H2,1-3H3,(H,16,17)/t10-/m0/s1. The summed E-state index contributed by atoms with van der Waals surface area (Å²) in [4.78, 5) is 11.5. The first-order chi connectivity index (χ1) is 8.06. The van der Waals surface area contributed by atoms with Crippen LogP contribution in [-0.2, 0) is 4.74 Å². The van der Waals surface area contributed by atoms with E-state index in [9.17, 15) is 18.0 Å². The average Bonchev–Trinajstić information content (AvgIpc) is 2.13. The molecule has 2 N–H and O–H groups in total. The summed E-state index contributed by atoms with van der Waals surface area (Å²) in [5.41, 5.74) is -3.05. The quantitative estimate of drug-likeness (QED) is 0.766. The van der Waals surface area contributed by atoms with Gasteiger partial charge in [-0.05, 0) is 40.2 Å². The Balaban J connectivity index is 2.77. The minimum absolute atomic E-state index is 0.136. The number of hydrogen-bond acceptors (Lipinski definition) is 3. The molecule has 0 unspecified atom stereocenters. The molecule has 1 aliphatic heterocycles. The van der Waals surface area contributed by atoms with Gasteiger partial charge in [0.2, 0.25) is 0 Å². The second-order valence-electron chi connectivity index (χ2n) is 5.49. The largest absolute Gasteiger partial charge is 0.444 e. The average molecular weight is 268 g/mol. The van der Waals surface area contributed by atoms with Gasteiger partial charge in [0.15, 0.2) is 5.54 Å². The number of nitrogens with one attached hydrogen (secondary N) is 2. The third kappa shape index (κ3) is 3.76. The fourth-order valence-corrected chi connectivity index (χ4v) is 1.82. The molecule has 1 amide bonds. The van der Waals surface area contributed by atoms with E-state index < -0.39 is 23.4 Å². The highest BCUT2D eigenvalue weighted by atomic mass is 19.4. The maximum atomic E-state index is 13.1. The SMILES string of the molecule is CC(C)(C)OC(=O)N[C@@]1(C(F)(F)F)CCCNC1. The van der Waals surface area contributed by atoms with E-state index in [0.29, 0.717) is 13.0 Å². The Labute approximate surface area is 104 Å². The van der Waals surface area contributed by atoms with Crippen molar-refractivity contribution in [2.45, 2.75) is 50.9 Å². The minimum Gasteiger partial charge on any atom is -0.444 e. The normalized spacial score (nSPS) is 25.7. The summed E-state index contributed by atoms with van der Waals surface area (Å²) in [5, 5.41) is 4.64. The highest BCUT2D eigenvalue weighted by molar-refractivity contribution is 5.69. The molecule has 1 aliphatic rings. The highest BCUT2D eigenvalue weighted by Crippen LogP contribution is 2.35. The van der Waals surface area contributed by atoms with Crippen LogP contribution in [0.4, 0.5) is 18.0 Å². The van der Waals surface area contributed by atoms with Gasteiger partial charge in [0.05, 0.1) is 0 Å². The van der Waals surface area contributed by atoms with Gasteiger partial charge in [0.1, 0.15) is 5.60 Å². The first-order valence-electron chi connectivity index (χ1n) is 5.84. The lowest BCUT2D eigenvalue weighted by molar-refractivity contribution is -0.199. The van der Waals surface area contributed by atoms with Gasteiger partial charge >= 0.3 is 12.3 Å². The number of rotatable bonds is 1. The van der Waals surface area contributed by atoms with Gasteiger partial charge in [0.25, 0.3) is 0 Å². The monoisotopic (exact) mass is 268 g/mol. The van der Waals surface area contributed by atoms with Crippen LogP contribution in [0.5, 0.6) is 0 Å². The molecule has 7 heteroatoms. The van der Waals surface area contributed by atoms with Crippen LogP contribution >= 0.6 is 0 Å². The van der Waals surface area contributed by atoms with Crippen molar-refractivity contribution in [2.75, 3.05) is 13.1 Å². The van der Waals surface area contributed by atoms with Gasteiger partial charge in [-0.1, -0.05) is 0 Å². The molecule has 1 saturated heterocycles. The molecule has 0 aromatic heterocycles. The van der Waals surface area contributed by atoms with Crippen LogP contribution < -0.4 is 10.6 Å². The lowest BCUT2D eigenvalue weighted by Crippen LogP contribution is -2.66. The fraction of sp³-hybridized carbons (Fsp3) is 0.909. The number of piperidine rings is 1. The molecular formula is C11H19F3N2O2. The molecule has 106 valence electrons. The molecule has 0 spiro atoms. The van der Waals surface area contributed by atoms with E-state index in [0.717, 1.165) is 0 Å². The Hall–Kier alpha value is -0.980. The lowest BCUT2D eigenvalue weighted by atomic mass is 9.89. The Morgan fingerprint density at radius 2 is 1.94 bits per heavy atom. The van der Waals surface area contributed by atoms with E-state index in [-0.39, 0.29) is 13.0 Å². The lowest BCUT2D eigenvalue weighted by Gasteiger charge is -2.39. The van der Waals surface area contributed by atoms with Crippen molar-refractivity contribution in [3.63, 3.8) is 0 Å². The van der Waals surface area contributed by atoms with E-state index in [1.807, 2.05) is 5.32 Å². The molecule has 1 rings (SSSR count). The molecular weight excluding hydrogens is 249 g/mol. The molecule has 0 aromatic rings. The maximum absolute atomic E-state index is 13.1. The van der Waals surface area contributed by atoms with Crippen molar-refractivity contribution in [1.82, 2.24) is 10.6 Å². The Kier molecular flexibility index (Phi) is 4.15. The summed E-state index contributed by atoms with van der Waals surface area (Å²) >= 11 is 0. The summed E-state index contributed by atoms with van der Waals surface area (Å²) in [6, 6.07) is 0. The molecule has 0 bridgehead atoms. The minimum atomic E-state index is -4.50. The van der Waals surface area contributed by atoms with Crippen LogP contribution in [0, 0.1) is 0 Å². The molecule has 1 atom stereocenters. The molecule has 4 nitrogen and oxygen atoms in total. The smallest absolute Gasteiger partial charge is 0.412 e. The van der Waals surface area contributed by atoms with Gasteiger partial charge in [-0.2, -0.15) is 13.2 Å². The number of halogens is 3. The third-order valence-electron chi connectivity index (χ3n) is 2.67. The summed E-state index contributed by atoms with van der Waals surface area (Å²) < 4.78 is 44.1. The molecule has 18 heavy (non-hydrogen) atoms. The Morgan fingerprint density at radius 3 is 2.33 bits per heavy atom. The second kappa shape index (κ2) is 4.95. The Bertz CT molecular complexity index is 304. The Morgan fingerprint density at radius 1 is 1.33 bits per heavy atom. The van der Waals surface area contributed by atoms with Crippen molar-refractivity contribution < 1.29 is 22.7 Å². The van der Waals surface area contributed by atoms with Crippen molar-refractivity contribution in [1.29, 1.82) is 0 Å². The topological polar surface area (TPSA) is 50.4 Å². The zero-order chi connectivity index (χ0) is 14.0. The van der Waals surface area contributed by atoms with Crippen molar-refractivity contribution in [3.8, 4) is 0 Å². The van der Waals surface area contributed by atoms with Gasteiger partial charge in [-0.15, -0.1) is 0 Å². The molecule has 1 fully saturated rings. The summed E-state index contributed by atoms with van der Waals surface area (Å²) in [7, 11) is 0. The number of carbonyl (C=O) groups is 1. The number of alkyl carbamates (subject to hydrolysis) is 1. The zero-order valence-corrected chi connectivity index (χ0v) is 10.8. The predicted molar refractivity (Wildman–Crippen MR) is 60.3 cm³/mol. The van der Waals surface area contributed by atoms with Crippen LogP contribution in [0.25, 0.3) is 0 Å². The maximum Gasteiger partial charge on any atom is 0.412 e. The van der Waals surface area contributed by atoms with Crippen LogP contribution in [0.3, 0.4) is 0 Å². The van der Waals surface area contributed by atoms with Crippen molar-refractivity contribution in [3.05, 3.63) is 0 Å². The molecule has 0 radical (unpaired) electrons. The van der Waals surface area contributed by atoms with E-state index >= 15 is 0 Å². The van der Waals surface area contributed by atoms with Gasteiger partial charge in [0, 0.05) is 6.54 Å². The van der Waals surface area contributed by atoms with E-state index in [1.54, 1.807) is 20.8 Å². The van der Waals surface area contributed by atoms with Crippen LogP contribution in [-0.4, -0.2) is 36.5 Å². The summed E-state index contributed by atoms with van der Waals surface area (Å²) in [5.74, 6) is 0. The predicted octanol–water partition coefficient (Wildman–Crippen LogP) is 2.20. The van der Waals surface area contributed by atoms with Crippen LogP contribution in [0.2, 0.25) is 0 Å². The second-order valence-corrected chi connectivity index (χ2v) is 5.49. The van der Waals surface area contributed by atoms with Crippen LogP contribution in [0.1, 0.15) is 33.6 Å². The van der Waals surface area contributed by atoms with Gasteiger partial charge < -0.3 is 15.4 Å². The number of alkyl halides is 3. The first kappa shape index (κ1) is 15.1. The van der Waals surface area contributed by atoms with E-state index in [1.165, 1.54) is 0 Å². The van der Waals surface area contributed by atoms with Crippen LogP contribution in [0.15, 0.2) is 0 Å². The first-order valence-corrected chi connectivity index (χ1v) is 5.84. The van der Waals surface area contributed by atoms with Crippen molar-refractivity contribution >= 4 is 6.09 Å². The number of hydrogen-bond donors (Lipinski definition) is 2. The van der Waals surface area contributed by atoms with E-state index in [2.05, 4.69) is 5.32 Å². The molecule has 0 saturated carbocycles. The molecule has 1 heterocycles. The molecule has 0 aromatic carbocycles. The van der Waals surface area contributed by atoms with Gasteiger partial charge in [-0.3, -0.25) is 0 Å². The summed E-state index contributed by atoms with van der Waals surface area (Å²) in [6.45, 7) is 5.01. The third-order valence-corrected chi connectivity index (χ3v) is 2.67. The number of carbonyl (C=O) groups excluding carboxylic acids is 1. The van der Waals surface area contributed by atoms with Crippen molar-refractivity contribution in [2.24, 2.45) is 0 Å². The zero-order valence-electron chi connectivity index (χ0n) is 10.8.